The van der Waals surface area contributed by atoms with E-state index >= 15 is 0 Å². The number of fused-ring (bicyclic) bond motifs is 4. The predicted molar refractivity (Wildman–Crippen MR) is 250 cm³/mol. The van der Waals surface area contributed by atoms with Crippen molar-refractivity contribution in [2.45, 2.75) is 53.4 Å². The van der Waals surface area contributed by atoms with Crippen molar-refractivity contribution in [3.63, 3.8) is 0 Å². The van der Waals surface area contributed by atoms with E-state index in [9.17, 15) is 19.8 Å². The number of carboxylic acids is 2. The summed E-state index contributed by atoms with van der Waals surface area (Å²) in [7, 11) is -1.45. The van der Waals surface area contributed by atoms with Crippen LogP contribution >= 0.6 is 11.6 Å². The number of nitrogens with zero attached hydrogens (tertiary/aromatic N) is 10. The molecular formula is C48H44BClN10O8. The molecule has 20 heteroatoms. The van der Waals surface area contributed by atoms with Gasteiger partial charge in [0.2, 0.25) is 11.8 Å². The van der Waals surface area contributed by atoms with Gasteiger partial charge in [-0.05, 0) is 122 Å². The Morgan fingerprint density at radius 2 is 1.03 bits per heavy atom. The molecule has 10 rings (SSSR count). The lowest BCUT2D eigenvalue weighted by Gasteiger charge is -2.36. The van der Waals surface area contributed by atoms with E-state index in [2.05, 4.69) is 36.0 Å². The largest absolute Gasteiger partial charge is 0.488 e. The van der Waals surface area contributed by atoms with Crippen molar-refractivity contribution in [2.24, 2.45) is 10.8 Å². The van der Waals surface area contributed by atoms with Crippen LogP contribution in [-0.4, -0.2) is 89.7 Å². The van der Waals surface area contributed by atoms with E-state index < -0.39 is 29.9 Å². The van der Waals surface area contributed by atoms with Gasteiger partial charge in [0, 0.05) is 39.7 Å². The Morgan fingerprint density at radius 3 is 1.47 bits per heavy atom. The number of rotatable bonds is 8. The molecule has 2 aliphatic rings. The molecular weight excluding hydrogens is 891 g/mol. The molecule has 2 atom stereocenters. The Morgan fingerprint density at radius 1 is 0.588 bits per heavy atom. The molecule has 0 radical (unpaired) electrons. The lowest BCUT2D eigenvalue weighted by molar-refractivity contribution is -0.148. The zero-order valence-corrected chi connectivity index (χ0v) is 38.3. The summed E-state index contributed by atoms with van der Waals surface area (Å²) in [6.45, 7) is 10.5. The SMILES string of the molecule is CC(C)(C(=O)O)[C@H]1c2ccccc2Oc2nc(Cl)ccc21.Cc1nnnn1-c1ccc(-c2ccc3c(n2)Oc2ccccc2[C@@H]3C(C)(C)C(=O)O)cc1.Cc1nnnn1-c1ccc(B(O)O)cc1. The number of aliphatic carboxylic acids is 2. The highest BCUT2D eigenvalue weighted by Crippen LogP contribution is 2.53. The molecule has 0 bridgehead atoms. The number of ether oxygens (including phenoxy) is 2. The Kier molecular flexibility index (Phi) is 12.9. The van der Waals surface area contributed by atoms with Gasteiger partial charge in [0.05, 0.1) is 27.9 Å². The van der Waals surface area contributed by atoms with E-state index in [1.54, 1.807) is 80.4 Å². The van der Waals surface area contributed by atoms with Crippen LogP contribution in [0.4, 0.5) is 0 Å². The molecule has 0 spiro atoms. The summed E-state index contributed by atoms with van der Waals surface area (Å²) in [6, 6.07) is 36.6. The fourth-order valence-corrected chi connectivity index (χ4v) is 8.25. The molecule has 68 heavy (non-hydrogen) atoms. The van der Waals surface area contributed by atoms with E-state index in [0.717, 1.165) is 44.9 Å². The molecule has 0 amide bonds. The summed E-state index contributed by atoms with van der Waals surface area (Å²) >= 11 is 5.92. The topological polar surface area (TPSA) is 246 Å². The van der Waals surface area contributed by atoms with Gasteiger partial charge in [-0.2, -0.15) is 9.36 Å². The van der Waals surface area contributed by atoms with E-state index in [1.807, 2.05) is 91.9 Å². The number of carbonyl (C=O) groups is 2. The molecule has 4 aromatic carbocycles. The number of pyridine rings is 2. The average Bonchev–Trinajstić information content (AvgIpc) is 3.97. The first kappa shape index (κ1) is 46.7. The fourth-order valence-electron chi connectivity index (χ4n) is 8.11. The van der Waals surface area contributed by atoms with Crippen molar-refractivity contribution in [1.82, 2.24) is 50.4 Å². The third-order valence-electron chi connectivity index (χ3n) is 11.9. The predicted octanol–water partition coefficient (Wildman–Crippen LogP) is 7.12. The third-order valence-corrected chi connectivity index (χ3v) is 12.1. The number of halogens is 1. The van der Waals surface area contributed by atoms with Crippen LogP contribution in [0.1, 0.15) is 73.4 Å². The summed E-state index contributed by atoms with van der Waals surface area (Å²) in [5, 5.41) is 60.3. The minimum atomic E-state index is -1.45. The lowest BCUT2D eigenvalue weighted by Crippen LogP contribution is -2.33. The van der Waals surface area contributed by atoms with Gasteiger partial charge in [-0.3, -0.25) is 9.59 Å². The molecule has 4 aromatic heterocycles. The Hall–Kier alpha value is -7.87. The standard InChI is InChI=1S/C24H21N5O3.C16H14ClNO3.C8H9BN4O2/c1-14-26-27-28-29(14)16-10-8-15(9-11-16)19-13-12-18-21(24(2,3)23(30)31)17-6-4-5-7-20(17)32-22(18)25-19;1-16(2,15(19)20)13-9-5-3-4-6-11(9)21-14-10(13)7-8-12(17)18-14;1-6-10-11-12-13(6)8-4-2-7(3-5-8)9(14)15/h4-13,21H,1-3H3,(H,30,31);3-8,13H,1-2H3,(H,19,20);2-5,14-15H,1H3/t21-;13-;/m00./s1. The second-order valence-corrected chi connectivity index (χ2v) is 17.5. The smallest absolute Gasteiger partial charge is 0.481 e. The Balaban J connectivity index is 0.000000149. The van der Waals surface area contributed by atoms with Crippen LogP contribution in [0, 0.1) is 24.7 Å². The summed E-state index contributed by atoms with van der Waals surface area (Å²) in [5.74, 6) is 0.962. The van der Waals surface area contributed by atoms with Gasteiger partial charge in [0.1, 0.15) is 16.7 Å². The summed E-state index contributed by atoms with van der Waals surface area (Å²) < 4.78 is 15.1. The monoisotopic (exact) mass is 934 g/mol. The molecule has 0 unspecified atom stereocenters. The number of para-hydroxylation sites is 2. The number of carboxylic acid groups (broad SMARTS) is 2. The maximum Gasteiger partial charge on any atom is 0.488 e. The van der Waals surface area contributed by atoms with Gasteiger partial charge in [-0.1, -0.05) is 78.3 Å². The van der Waals surface area contributed by atoms with Gasteiger partial charge in [-0.25, -0.2) is 9.97 Å². The molecule has 2 aliphatic heterocycles. The van der Waals surface area contributed by atoms with Crippen LogP contribution in [0.15, 0.2) is 121 Å². The highest BCUT2D eigenvalue weighted by Gasteiger charge is 2.45. The number of tetrazole rings is 2. The van der Waals surface area contributed by atoms with Gasteiger partial charge in [0.15, 0.2) is 11.6 Å². The van der Waals surface area contributed by atoms with Gasteiger partial charge < -0.3 is 29.7 Å². The van der Waals surface area contributed by atoms with Crippen LogP contribution in [0.5, 0.6) is 23.3 Å². The normalized spacial score (nSPS) is 14.4. The first-order chi connectivity index (χ1) is 32.4. The molecule has 18 nitrogen and oxygen atoms in total. The van der Waals surface area contributed by atoms with Crippen molar-refractivity contribution in [3.8, 4) is 45.9 Å². The van der Waals surface area contributed by atoms with Gasteiger partial charge in [-0.15, -0.1) is 10.2 Å². The zero-order chi connectivity index (χ0) is 48.5. The fraction of sp³-hybridized carbons (Fsp3) is 0.208. The maximum atomic E-state index is 12.1. The minimum absolute atomic E-state index is 0.319. The van der Waals surface area contributed by atoms with Gasteiger partial charge >= 0.3 is 19.1 Å². The Bertz CT molecular complexity index is 3140. The van der Waals surface area contributed by atoms with E-state index in [4.69, 9.17) is 36.1 Å². The van der Waals surface area contributed by atoms with E-state index in [-0.39, 0.29) is 11.8 Å². The number of aromatic nitrogens is 10. The minimum Gasteiger partial charge on any atom is -0.481 e. The average molecular weight is 935 g/mol. The first-order valence-corrected chi connectivity index (χ1v) is 21.6. The van der Waals surface area contributed by atoms with Crippen molar-refractivity contribution < 1.29 is 39.3 Å². The molecule has 6 heterocycles. The van der Waals surface area contributed by atoms with Crippen LogP contribution in [0.25, 0.3) is 22.6 Å². The van der Waals surface area contributed by atoms with Crippen molar-refractivity contribution in [1.29, 1.82) is 0 Å². The molecule has 8 aromatic rings. The van der Waals surface area contributed by atoms with Crippen molar-refractivity contribution in [2.75, 3.05) is 0 Å². The van der Waals surface area contributed by atoms with Crippen molar-refractivity contribution in [3.05, 3.63) is 160 Å². The van der Waals surface area contributed by atoms with Crippen LogP contribution in [-0.2, 0) is 9.59 Å². The number of hydrogen-bond acceptors (Lipinski definition) is 14. The number of hydrogen-bond donors (Lipinski definition) is 4. The Labute approximate surface area is 395 Å². The van der Waals surface area contributed by atoms with Crippen LogP contribution in [0.2, 0.25) is 5.15 Å². The molecule has 0 saturated heterocycles. The lowest BCUT2D eigenvalue weighted by atomic mass is 9.70. The first-order valence-electron chi connectivity index (χ1n) is 21.2. The number of benzene rings is 4. The molecule has 0 saturated carbocycles. The highest BCUT2D eigenvalue weighted by molar-refractivity contribution is 6.58. The second kappa shape index (κ2) is 18.8. The molecule has 4 N–H and O–H groups in total. The zero-order valence-electron chi connectivity index (χ0n) is 37.6. The van der Waals surface area contributed by atoms with E-state index in [1.165, 1.54) is 0 Å². The van der Waals surface area contributed by atoms with Crippen LogP contribution < -0.4 is 14.9 Å². The highest BCUT2D eigenvalue weighted by atomic mass is 35.5. The summed E-state index contributed by atoms with van der Waals surface area (Å²) in [4.78, 5) is 32.8. The molecule has 0 aliphatic carbocycles. The number of aryl methyl sites for hydroxylation is 2. The maximum absolute atomic E-state index is 12.1. The second-order valence-electron chi connectivity index (χ2n) is 17.1. The van der Waals surface area contributed by atoms with Gasteiger partial charge in [0.25, 0.3) is 0 Å². The molecule has 344 valence electrons. The third kappa shape index (κ3) is 9.13. The quantitative estimate of drug-likeness (QED) is 0.0875. The van der Waals surface area contributed by atoms with Crippen LogP contribution in [0.3, 0.4) is 0 Å². The van der Waals surface area contributed by atoms with Crippen molar-refractivity contribution >= 4 is 36.1 Å². The van der Waals surface area contributed by atoms with E-state index in [0.29, 0.717) is 45.5 Å². The summed E-state index contributed by atoms with van der Waals surface area (Å²) in [5.41, 5.74) is 4.87. The summed E-state index contributed by atoms with van der Waals surface area (Å²) in [6.07, 6.45) is 0. The molecule has 0 fully saturated rings.